The van der Waals surface area contributed by atoms with E-state index in [1.54, 1.807) is 0 Å². The van der Waals surface area contributed by atoms with E-state index in [1.165, 1.54) is 54.9 Å². The zero-order chi connectivity index (χ0) is 29.6. The Hall–Kier alpha value is -5.66. The second-order valence-electron chi connectivity index (χ2n) is 11.4. The maximum Gasteiger partial charge on any atom is 0.135 e. The average molecular weight is 563 g/mol. The summed E-state index contributed by atoms with van der Waals surface area (Å²) in [6.07, 6.45) is 2.10. The Morgan fingerprint density at radius 3 is 1.68 bits per heavy atom. The highest BCUT2D eigenvalue weighted by atomic mass is 16.3. The summed E-state index contributed by atoms with van der Waals surface area (Å²) in [4.78, 5) is 0. The number of hydrogen-bond acceptors (Lipinski definition) is 1. The first-order valence-corrected chi connectivity index (χ1v) is 15.0. The summed E-state index contributed by atoms with van der Waals surface area (Å²) in [6, 6.07) is 52.0. The minimum atomic E-state index is 0.872. The van der Waals surface area contributed by atoms with Crippen LogP contribution in [0.3, 0.4) is 0 Å². The number of rotatable bonds is 4. The van der Waals surface area contributed by atoms with E-state index in [4.69, 9.17) is 4.42 Å². The molecule has 0 aliphatic carbocycles. The highest BCUT2D eigenvalue weighted by molar-refractivity contribution is 6.21. The van der Waals surface area contributed by atoms with Gasteiger partial charge >= 0.3 is 0 Å². The normalized spacial score (nSPS) is 12.0. The van der Waals surface area contributed by atoms with Crippen LogP contribution in [0.1, 0.15) is 11.3 Å². The van der Waals surface area contributed by atoms with E-state index in [0.29, 0.717) is 0 Å². The number of aryl methyl sites for hydroxylation is 1. The Morgan fingerprint density at radius 1 is 0.477 bits per heavy atom. The number of furan rings is 1. The molecule has 0 unspecified atom stereocenters. The van der Waals surface area contributed by atoms with E-state index in [0.717, 1.165) is 32.7 Å². The summed E-state index contributed by atoms with van der Waals surface area (Å²) in [7, 11) is 0. The van der Waals surface area contributed by atoms with Crippen molar-refractivity contribution in [3.63, 3.8) is 0 Å². The SMILES string of the molecule is C=c1cccc/c1=C/c1oc2ccc(-c3c4ccccc4c(-c4cccc(-c5ccccc5)c4)c4ccccc34)cc2c1C. The van der Waals surface area contributed by atoms with E-state index in [9.17, 15) is 0 Å². The Balaban J connectivity index is 1.37. The molecule has 0 N–H and O–H groups in total. The van der Waals surface area contributed by atoms with Crippen molar-refractivity contribution in [2.24, 2.45) is 0 Å². The Labute approximate surface area is 256 Å². The summed E-state index contributed by atoms with van der Waals surface area (Å²) < 4.78 is 6.36. The first-order valence-electron chi connectivity index (χ1n) is 15.0. The van der Waals surface area contributed by atoms with Crippen molar-refractivity contribution in [1.82, 2.24) is 0 Å². The maximum absolute atomic E-state index is 6.36. The monoisotopic (exact) mass is 562 g/mol. The zero-order valence-corrected chi connectivity index (χ0v) is 24.5. The molecule has 1 nitrogen and oxygen atoms in total. The summed E-state index contributed by atoms with van der Waals surface area (Å²) >= 11 is 0. The third-order valence-electron chi connectivity index (χ3n) is 8.79. The van der Waals surface area contributed by atoms with Gasteiger partial charge in [0.1, 0.15) is 11.3 Å². The van der Waals surface area contributed by atoms with Crippen LogP contribution in [0.4, 0.5) is 0 Å². The largest absolute Gasteiger partial charge is 0.456 e. The van der Waals surface area contributed by atoms with Crippen LogP contribution in [0, 0.1) is 6.92 Å². The van der Waals surface area contributed by atoms with Gasteiger partial charge in [-0.2, -0.15) is 0 Å². The lowest BCUT2D eigenvalue weighted by Gasteiger charge is -2.18. The molecule has 8 rings (SSSR count). The Kier molecular flexibility index (Phi) is 6.24. The summed E-state index contributed by atoms with van der Waals surface area (Å²) in [5, 5.41) is 8.16. The van der Waals surface area contributed by atoms with Crippen LogP contribution in [-0.4, -0.2) is 0 Å². The van der Waals surface area contributed by atoms with E-state index >= 15 is 0 Å². The number of benzene rings is 7. The molecule has 0 aliphatic heterocycles. The van der Waals surface area contributed by atoms with Crippen molar-refractivity contribution < 1.29 is 4.42 Å². The van der Waals surface area contributed by atoms with Gasteiger partial charge in [-0.15, -0.1) is 0 Å². The standard InChI is InChI=1S/C43H30O/c1-28-13-6-7-16-31(28)27-41-29(2)39-26-34(23-24-40(39)44-41)43-37-21-10-8-19-35(37)42(36-20-9-11-22-38(36)43)33-18-12-17-32(25-33)30-14-4-3-5-15-30/h3-27H,1H2,2H3/b31-27-. The predicted octanol–water partition coefficient (Wildman–Crippen LogP) is 10.3. The molecule has 1 heterocycles. The highest BCUT2D eigenvalue weighted by Crippen LogP contribution is 2.45. The van der Waals surface area contributed by atoms with Gasteiger partial charge in [0.15, 0.2) is 0 Å². The fourth-order valence-electron chi connectivity index (χ4n) is 6.58. The van der Waals surface area contributed by atoms with E-state index in [2.05, 4.69) is 147 Å². The van der Waals surface area contributed by atoms with Gasteiger partial charge in [0.2, 0.25) is 0 Å². The molecule has 7 aromatic carbocycles. The van der Waals surface area contributed by atoms with Gasteiger partial charge in [0, 0.05) is 10.9 Å². The van der Waals surface area contributed by atoms with Crippen LogP contribution in [0.15, 0.2) is 150 Å². The van der Waals surface area contributed by atoms with E-state index in [1.807, 2.05) is 18.2 Å². The van der Waals surface area contributed by atoms with Crippen molar-refractivity contribution in [2.75, 3.05) is 0 Å². The van der Waals surface area contributed by atoms with Crippen LogP contribution in [0.25, 0.3) is 78.5 Å². The third kappa shape index (κ3) is 4.33. The predicted molar refractivity (Wildman–Crippen MR) is 187 cm³/mol. The molecule has 0 amide bonds. The van der Waals surface area contributed by atoms with Gasteiger partial charge in [0.25, 0.3) is 0 Å². The zero-order valence-electron chi connectivity index (χ0n) is 24.5. The molecular weight excluding hydrogens is 532 g/mol. The molecule has 0 atom stereocenters. The van der Waals surface area contributed by atoms with Gasteiger partial charge in [-0.3, -0.25) is 0 Å². The summed E-state index contributed by atoms with van der Waals surface area (Å²) in [5.74, 6) is 0.872. The molecule has 1 heteroatoms. The molecule has 0 bridgehead atoms. The van der Waals surface area contributed by atoms with Gasteiger partial charge in [-0.1, -0.05) is 134 Å². The van der Waals surface area contributed by atoms with Crippen molar-refractivity contribution in [3.05, 3.63) is 167 Å². The topological polar surface area (TPSA) is 13.1 Å². The van der Waals surface area contributed by atoms with Crippen LogP contribution < -0.4 is 10.4 Å². The van der Waals surface area contributed by atoms with Gasteiger partial charge in [0.05, 0.1) is 0 Å². The van der Waals surface area contributed by atoms with Crippen molar-refractivity contribution in [1.29, 1.82) is 0 Å². The molecule has 8 aromatic rings. The van der Waals surface area contributed by atoms with Crippen LogP contribution in [0.5, 0.6) is 0 Å². The first-order chi connectivity index (χ1) is 21.7. The minimum Gasteiger partial charge on any atom is -0.456 e. The molecule has 0 fully saturated rings. The molecular formula is C43H30O. The Morgan fingerprint density at radius 2 is 1.02 bits per heavy atom. The summed E-state index contributed by atoms with van der Waals surface area (Å²) in [6.45, 7) is 6.33. The summed E-state index contributed by atoms with van der Waals surface area (Å²) in [5.41, 5.74) is 9.38. The van der Waals surface area contributed by atoms with Gasteiger partial charge < -0.3 is 4.42 Å². The average Bonchev–Trinajstić information content (AvgIpc) is 3.38. The number of hydrogen-bond donors (Lipinski definition) is 0. The third-order valence-corrected chi connectivity index (χ3v) is 8.79. The molecule has 208 valence electrons. The van der Waals surface area contributed by atoms with E-state index in [-0.39, 0.29) is 0 Å². The maximum atomic E-state index is 6.36. The molecule has 1 aromatic heterocycles. The van der Waals surface area contributed by atoms with Gasteiger partial charge in [-0.05, 0) is 96.6 Å². The van der Waals surface area contributed by atoms with Crippen LogP contribution >= 0.6 is 0 Å². The first kappa shape index (κ1) is 26.0. The smallest absolute Gasteiger partial charge is 0.135 e. The second kappa shape index (κ2) is 10.6. The van der Waals surface area contributed by atoms with E-state index < -0.39 is 0 Å². The molecule has 44 heavy (non-hydrogen) atoms. The second-order valence-corrected chi connectivity index (χ2v) is 11.4. The van der Waals surface area contributed by atoms with Crippen molar-refractivity contribution >= 4 is 45.2 Å². The molecule has 0 spiro atoms. The minimum absolute atomic E-state index is 0.872. The fourth-order valence-corrected chi connectivity index (χ4v) is 6.58. The lowest BCUT2D eigenvalue weighted by Crippen LogP contribution is -2.21. The molecule has 0 radical (unpaired) electrons. The molecule has 0 saturated carbocycles. The highest BCUT2D eigenvalue weighted by Gasteiger charge is 2.18. The van der Waals surface area contributed by atoms with Gasteiger partial charge in [-0.25, -0.2) is 0 Å². The Bertz CT molecular complexity index is 2410. The fraction of sp³-hybridized carbons (Fsp3) is 0.0233. The lowest BCUT2D eigenvalue weighted by molar-refractivity contribution is 0.601. The quantitative estimate of drug-likeness (QED) is 0.195. The molecule has 0 aliphatic rings. The molecule has 0 saturated heterocycles. The number of fused-ring (bicyclic) bond motifs is 3. The lowest BCUT2D eigenvalue weighted by atomic mass is 9.85. The van der Waals surface area contributed by atoms with Crippen LogP contribution in [0.2, 0.25) is 0 Å². The van der Waals surface area contributed by atoms with Crippen LogP contribution in [-0.2, 0) is 0 Å². The van der Waals surface area contributed by atoms with Crippen molar-refractivity contribution in [3.8, 4) is 33.4 Å². The van der Waals surface area contributed by atoms with Crippen molar-refractivity contribution in [2.45, 2.75) is 6.92 Å².